The fourth-order valence-corrected chi connectivity index (χ4v) is 4.26. The zero-order chi connectivity index (χ0) is 24.3. The third-order valence-electron chi connectivity index (χ3n) is 4.73. The molecule has 34 heavy (non-hydrogen) atoms. The van der Waals surface area contributed by atoms with Crippen LogP contribution in [0, 0.1) is 0 Å². The van der Waals surface area contributed by atoms with E-state index in [1.165, 1.54) is 44.6 Å². The quantitative estimate of drug-likeness (QED) is 0.268. The smallest absolute Gasteiger partial charge is 0.363 e. The van der Waals surface area contributed by atoms with Gasteiger partial charge in [0.1, 0.15) is 10.6 Å². The number of methoxy groups -OCH3 is 2. The Kier molecular flexibility index (Phi) is 6.58. The van der Waals surface area contributed by atoms with Crippen molar-refractivity contribution in [3.8, 4) is 17.2 Å². The number of halogens is 1. The van der Waals surface area contributed by atoms with Gasteiger partial charge in [0, 0.05) is 5.02 Å². The minimum atomic E-state index is -4.05. The van der Waals surface area contributed by atoms with Gasteiger partial charge >= 0.3 is 16.1 Å². The minimum absolute atomic E-state index is 0.00430. The van der Waals surface area contributed by atoms with E-state index in [9.17, 15) is 13.2 Å². The second-order valence-electron chi connectivity index (χ2n) is 6.94. The lowest BCUT2D eigenvalue weighted by molar-refractivity contribution is -0.129. The van der Waals surface area contributed by atoms with Crippen LogP contribution in [0.25, 0.3) is 6.08 Å². The normalized spacial score (nSPS) is 14.5. The molecule has 0 bridgehead atoms. The van der Waals surface area contributed by atoms with E-state index in [0.29, 0.717) is 21.9 Å². The molecule has 0 aliphatic carbocycles. The van der Waals surface area contributed by atoms with Crippen molar-refractivity contribution in [2.24, 2.45) is 4.99 Å². The zero-order valence-electron chi connectivity index (χ0n) is 18.0. The van der Waals surface area contributed by atoms with Crippen LogP contribution >= 0.6 is 11.6 Å². The number of hydrogen-bond acceptors (Lipinski definition) is 8. The molecule has 10 heteroatoms. The number of benzene rings is 3. The summed E-state index contributed by atoms with van der Waals surface area (Å²) in [6.45, 7) is 0. The van der Waals surface area contributed by atoms with E-state index >= 15 is 0 Å². The van der Waals surface area contributed by atoms with Crippen LogP contribution in [0.5, 0.6) is 17.2 Å². The second-order valence-corrected chi connectivity index (χ2v) is 8.92. The van der Waals surface area contributed by atoms with Crippen molar-refractivity contribution in [1.82, 2.24) is 0 Å². The number of ether oxygens (including phenoxy) is 3. The van der Waals surface area contributed by atoms with Gasteiger partial charge in [-0.1, -0.05) is 35.9 Å². The summed E-state index contributed by atoms with van der Waals surface area (Å²) in [5, 5.41) is 0.428. The summed E-state index contributed by atoms with van der Waals surface area (Å²) in [5.41, 5.74) is 0.972. The molecule has 3 aromatic rings. The largest absolute Gasteiger partial charge is 0.496 e. The lowest BCUT2D eigenvalue weighted by Gasteiger charge is -2.11. The Morgan fingerprint density at radius 1 is 0.912 bits per heavy atom. The summed E-state index contributed by atoms with van der Waals surface area (Å²) in [6.07, 6.45) is 1.48. The van der Waals surface area contributed by atoms with E-state index in [2.05, 4.69) is 4.99 Å². The fraction of sp³-hybridized carbons (Fsp3) is 0.0833. The molecule has 174 valence electrons. The highest BCUT2D eigenvalue weighted by molar-refractivity contribution is 7.87. The van der Waals surface area contributed by atoms with Crippen molar-refractivity contribution in [3.63, 3.8) is 0 Å². The standard InChI is InChI=1S/C24H18ClNO7S/c1-30-20-11-9-16(25)14-18(20)23-26-19(24(27)32-23)12-15-8-10-21(22(13-15)31-2)33-34(28,29)17-6-4-3-5-7-17/h3-14H,1-2H3. The molecule has 0 aromatic heterocycles. The molecule has 0 saturated heterocycles. The summed E-state index contributed by atoms with van der Waals surface area (Å²) in [5.74, 6) is -0.0178. The van der Waals surface area contributed by atoms with Crippen LogP contribution in [0.3, 0.4) is 0 Å². The number of hydrogen-bond donors (Lipinski definition) is 0. The average Bonchev–Trinajstić information content (AvgIpc) is 3.20. The molecule has 1 heterocycles. The molecule has 0 fully saturated rings. The highest BCUT2D eigenvalue weighted by Gasteiger charge is 2.27. The van der Waals surface area contributed by atoms with Gasteiger partial charge in [0.25, 0.3) is 0 Å². The first-order valence-corrected chi connectivity index (χ1v) is 11.6. The van der Waals surface area contributed by atoms with E-state index in [1.54, 1.807) is 42.5 Å². The maximum Gasteiger partial charge on any atom is 0.363 e. The van der Waals surface area contributed by atoms with Gasteiger partial charge in [-0.25, -0.2) is 9.79 Å². The first-order chi connectivity index (χ1) is 16.3. The minimum Gasteiger partial charge on any atom is -0.496 e. The van der Waals surface area contributed by atoms with Gasteiger partial charge < -0.3 is 18.4 Å². The van der Waals surface area contributed by atoms with Crippen LogP contribution in [0.15, 0.2) is 82.3 Å². The van der Waals surface area contributed by atoms with Gasteiger partial charge in [0.2, 0.25) is 5.90 Å². The van der Waals surface area contributed by atoms with Crippen LogP contribution in [0.2, 0.25) is 5.02 Å². The summed E-state index contributed by atoms with van der Waals surface area (Å²) in [4.78, 5) is 16.7. The SMILES string of the molecule is COc1cc(C=C2N=C(c3cc(Cl)ccc3OC)OC2=O)ccc1OS(=O)(=O)c1ccccc1. The summed E-state index contributed by atoms with van der Waals surface area (Å²) < 4.78 is 46.2. The summed E-state index contributed by atoms with van der Waals surface area (Å²) in [7, 11) is -1.20. The number of nitrogens with zero attached hydrogens (tertiary/aromatic N) is 1. The molecule has 1 aliphatic rings. The zero-order valence-corrected chi connectivity index (χ0v) is 19.6. The maximum atomic E-state index is 12.5. The van der Waals surface area contributed by atoms with Gasteiger partial charge in [0.15, 0.2) is 17.2 Å². The highest BCUT2D eigenvalue weighted by Crippen LogP contribution is 2.33. The topological polar surface area (TPSA) is 100 Å². The first-order valence-electron chi connectivity index (χ1n) is 9.85. The lowest BCUT2D eigenvalue weighted by Crippen LogP contribution is -2.10. The molecule has 0 unspecified atom stereocenters. The number of rotatable bonds is 7. The Balaban J connectivity index is 1.64. The summed E-state index contributed by atoms with van der Waals surface area (Å²) >= 11 is 6.05. The molecule has 0 atom stereocenters. The third-order valence-corrected chi connectivity index (χ3v) is 6.22. The Bertz CT molecular complexity index is 1420. The molecule has 0 saturated carbocycles. The predicted octanol–water partition coefficient (Wildman–Crippen LogP) is 4.47. The Labute approximate surface area is 201 Å². The van der Waals surface area contributed by atoms with E-state index in [4.69, 9.17) is 30.0 Å². The van der Waals surface area contributed by atoms with E-state index in [1.807, 2.05) is 0 Å². The molecule has 1 aliphatic heterocycles. The number of carbonyl (C=O) groups is 1. The van der Waals surface area contributed by atoms with Gasteiger partial charge in [-0.15, -0.1) is 0 Å². The van der Waals surface area contributed by atoms with Crippen LogP contribution < -0.4 is 13.7 Å². The Hall–Kier alpha value is -3.82. The fourth-order valence-electron chi connectivity index (χ4n) is 3.13. The van der Waals surface area contributed by atoms with Crippen molar-refractivity contribution in [3.05, 3.63) is 88.6 Å². The van der Waals surface area contributed by atoms with Crippen LogP contribution in [-0.4, -0.2) is 34.5 Å². The molecule has 3 aromatic carbocycles. The van der Waals surface area contributed by atoms with Crippen molar-refractivity contribution in [2.45, 2.75) is 4.90 Å². The van der Waals surface area contributed by atoms with E-state index in [-0.39, 0.29) is 28.0 Å². The number of carbonyl (C=O) groups excluding carboxylic acids is 1. The molecule has 0 N–H and O–H groups in total. The second kappa shape index (κ2) is 9.58. The monoisotopic (exact) mass is 499 g/mol. The number of esters is 1. The number of aliphatic imine (C=N–C) groups is 1. The van der Waals surface area contributed by atoms with Gasteiger partial charge in [-0.3, -0.25) is 0 Å². The van der Waals surface area contributed by atoms with Crippen LogP contribution in [-0.2, 0) is 19.6 Å². The van der Waals surface area contributed by atoms with Gasteiger partial charge in [0.05, 0.1) is 19.8 Å². The van der Waals surface area contributed by atoms with Crippen molar-refractivity contribution in [2.75, 3.05) is 14.2 Å². The molecule has 0 amide bonds. The van der Waals surface area contributed by atoms with Crippen molar-refractivity contribution in [1.29, 1.82) is 0 Å². The molecule has 0 spiro atoms. The van der Waals surface area contributed by atoms with Crippen LogP contribution in [0.4, 0.5) is 0 Å². The third kappa shape index (κ3) is 4.90. The Morgan fingerprint density at radius 3 is 2.32 bits per heavy atom. The van der Waals surface area contributed by atoms with Gasteiger partial charge in [-0.2, -0.15) is 8.42 Å². The van der Waals surface area contributed by atoms with Crippen molar-refractivity contribution >= 4 is 39.7 Å². The summed E-state index contributed by atoms with van der Waals surface area (Å²) in [6, 6.07) is 17.1. The van der Waals surface area contributed by atoms with Crippen molar-refractivity contribution < 1.29 is 31.6 Å². The molecule has 0 radical (unpaired) electrons. The predicted molar refractivity (Wildman–Crippen MR) is 126 cm³/mol. The lowest BCUT2D eigenvalue weighted by atomic mass is 10.1. The Morgan fingerprint density at radius 2 is 1.62 bits per heavy atom. The van der Waals surface area contributed by atoms with Crippen LogP contribution in [0.1, 0.15) is 11.1 Å². The molecule has 4 rings (SSSR count). The molecule has 8 nitrogen and oxygen atoms in total. The molecular weight excluding hydrogens is 482 g/mol. The van der Waals surface area contributed by atoms with Gasteiger partial charge in [-0.05, 0) is 54.1 Å². The van der Waals surface area contributed by atoms with E-state index < -0.39 is 16.1 Å². The van der Waals surface area contributed by atoms with E-state index in [0.717, 1.165) is 0 Å². The molecular formula is C24H18ClNO7S. The average molecular weight is 500 g/mol. The number of cyclic esters (lactones) is 1. The highest BCUT2D eigenvalue weighted by atomic mass is 35.5. The maximum absolute atomic E-state index is 12.5. The first kappa shape index (κ1) is 23.3.